The number of carbonyl (C=O) groups is 1. The topological polar surface area (TPSA) is 118 Å². The van der Waals surface area contributed by atoms with E-state index in [1.165, 1.54) is 27.7 Å². The third-order valence-electron chi connectivity index (χ3n) is 6.76. The van der Waals surface area contributed by atoms with Gasteiger partial charge in [0.25, 0.3) is 5.56 Å². The number of benzene rings is 2. The molecule has 5 aromatic rings. The Kier molecular flexibility index (Phi) is 7.66. The van der Waals surface area contributed by atoms with E-state index in [2.05, 4.69) is 25.9 Å². The molecule has 2 aliphatic heterocycles. The fourth-order valence-electron chi connectivity index (χ4n) is 4.90. The number of aromatic nitrogens is 3. The van der Waals surface area contributed by atoms with Gasteiger partial charge in [-0.2, -0.15) is 0 Å². The largest absolute Gasteiger partial charge is 0.463 e. The van der Waals surface area contributed by atoms with Crippen molar-refractivity contribution in [2.24, 2.45) is 4.99 Å². The van der Waals surface area contributed by atoms with Crippen LogP contribution in [0.5, 0.6) is 11.5 Å². The summed E-state index contributed by atoms with van der Waals surface area (Å²) < 4.78 is 25.3. The van der Waals surface area contributed by atoms with Crippen LogP contribution in [0, 0.1) is 0 Å². The SMILES string of the molecule is CCOC(=O)C1=C(c2ccccc2)N=c2s/c(=C/c3cc(Br)c(Sc4ncccn4)o3)c(=O)n2[C@H]1c1ccc2c(c1)OCO2. The van der Waals surface area contributed by atoms with Gasteiger partial charge in [-0.25, -0.2) is 19.8 Å². The quantitative estimate of drug-likeness (QED) is 0.173. The van der Waals surface area contributed by atoms with Crippen LogP contribution >= 0.6 is 39.0 Å². The number of halogens is 1. The summed E-state index contributed by atoms with van der Waals surface area (Å²) in [4.78, 5) is 41.6. The van der Waals surface area contributed by atoms with Crippen molar-refractivity contribution < 1.29 is 23.4 Å². The van der Waals surface area contributed by atoms with Crippen molar-refractivity contribution in [3.8, 4) is 11.5 Å². The zero-order valence-corrected chi connectivity index (χ0v) is 26.1. The highest BCUT2D eigenvalue weighted by molar-refractivity contribution is 9.10. The molecule has 10 nitrogen and oxygen atoms in total. The Morgan fingerprint density at radius 1 is 1.11 bits per heavy atom. The Balaban J connectivity index is 1.41. The summed E-state index contributed by atoms with van der Waals surface area (Å²) >= 11 is 5.99. The molecule has 7 rings (SSSR count). The van der Waals surface area contributed by atoms with Crippen molar-refractivity contribution in [3.05, 3.63) is 120 Å². The van der Waals surface area contributed by atoms with Crippen molar-refractivity contribution >= 4 is 56.8 Å². The maximum absolute atomic E-state index is 14.2. The second kappa shape index (κ2) is 11.9. The number of furan rings is 1. The van der Waals surface area contributed by atoms with Gasteiger partial charge in [-0.1, -0.05) is 47.7 Å². The van der Waals surface area contributed by atoms with Gasteiger partial charge < -0.3 is 18.6 Å². The molecule has 0 unspecified atom stereocenters. The maximum Gasteiger partial charge on any atom is 0.338 e. The lowest BCUT2D eigenvalue weighted by molar-refractivity contribution is -0.138. The first-order valence-electron chi connectivity index (χ1n) is 13.4. The van der Waals surface area contributed by atoms with E-state index >= 15 is 0 Å². The maximum atomic E-state index is 14.2. The molecule has 0 spiro atoms. The summed E-state index contributed by atoms with van der Waals surface area (Å²) in [5, 5.41) is 1.07. The van der Waals surface area contributed by atoms with Gasteiger partial charge in [0.05, 0.1) is 32.9 Å². The fourth-order valence-corrected chi connectivity index (χ4v) is 7.12. The van der Waals surface area contributed by atoms with Gasteiger partial charge in [-0.3, -0.25) is 9.36 Å². The number of fused-ring (bicyclic) bond motifs is 2. The van der Waals surface area contributed by atoms with E-state index in [9.17, 15) is 9.59 Å². The van der Waals surface area contributed by atoms with Crippen molar-refractivity contribution in [1.82, 2.24) is 14.5 Å². The zero-order chi connectivity index (χ0) is 30.2. The Morgan fingerprint density at radius 3 is 2.70 bits per heavy atom. The normalized spacial score (nSPS) is 15.7. The molecule has 0 saturated heterocycles. The summed E-state index contributed by atoms with van der Waals surface area (Å²) in [6, 6.07) is 17.4. The standard InChI is InChI=1S/C31H21BrN4O6S2/c1-2-39-28(38)24-25(17-7-4-3-5-8-17)35-31-36(26(24)18-9-10-21-22(13-18)41-16-40-21)27(37)23(43-31)15-19-14-20(32)29(42-19)44-30-33-11-6-12-34-30/h3-15,26H,2,16H2,1H3/b23-15+/t26-/m0/s1. The monoisotopic (exact) mass is 688 g/mol. The van der Waals surface area contributed by atoms with Crippen LogP contribution in [0.3, 0.4) is 0 Å². The van der Waals surface area contributed by atoms with E-state index in [4.69, 9.17) is 23.6 Å². The van der Waals surface area contributed by atoms with Crippen LogP contribution < -0.4 is 24.4 Å². The lowest BCUT2D eigenvalue weighted by Crippen LogP contribution is -2.40. The molecule has 5 heterocycles. The molecular formula is C31H21BrN4O6S2. The number of rotatable bonds is 7. The Hall–Kier alpha value is -4.46. The van der Waals surface area contributed by atoms with Gasteiger partial charge in [-0.05, 0) is 64.4 Å². The van der Waals surface area contributed by atoms with Crippen molar-refractivity contribution in [2.45, 2.75) is 23.2 Å². The highest BCUT2D eigenvalue weighted by Gasteiger charge is 2.36. The number of ether oxygens (including phenoxy) is 3. The van der Waals surface area contributed by atoms with Crippen molar-refractivity contribution in [3.63, 3.8) is 0 Å². The molecule has 0 N–H and O–H groups in total. The first-order chi connectivity index (χ1) is 21.5. The lowest BCUT2D eigenvalue weighted by Gasteiger charge is -2.26. The number of hydrogen-bond acceptors (Lipinski definition) is 11. The Morgan fingerprint density at radius 2 is 1.91 bits per heavy atom. The average molecular weight is 690 g/mol. The van der Waals surface area contributed by atoms with Crippen molar-refractivity contribution in [2.75, 3.05) is 13.4 Å². The predicted molar refractivity (Wildman–Crippen MR) is 166 cm³/mol. The molecule has 2 aliphatic rings. The minimum atomic E-state index is -0.846. The second-order valence-electron chi connectivity index (χ2n) is 9.46. The van der Waals surface area contributed by atoms with Crippen LogP contribution in [0.25, 0.3) is 11.8 Å². The second-order valence-corrected chi connectivity index (χ2v) is 12.3. The summed E-state index contributed by atoms with van der Waals surface area (Å²) in [5.74, 6) is 1.00. The smallest absolute Gasteiger partial charge is 0.338 e. The van der Waals surface area contributed by atoms with Gasteiger partial charge >= 0.3 is 5.97 Å². The minimum absolute atomic E-state index is 0.0900. The molecule has 13 heteroatoms. The summed E-state index contributed by atoms with van der Waals surface area (Å²) in [6.45, 7) is 1.99. The number of thiazole rings is 1. The van der Waals surface area contributed by atoms with E-state index in [0.717, 1.165) is 5.56 Å². The lowest BCUT2D eigenvalue weighted by atomic mass is 9.93. The number of hydrogen-bond donors (Lipinski definition) is 0. The molecule has 2 aromatic carbocycles. The molecular weight excluding hydrogens is 668 g/mol. The third kappa shape index (κ3) is 5.27. The van der Waals surface area contributed by atoms with E-state index in [1.54, 1.807) is 49.7 Å². The first kappa shape index (κ1) is 28.3. The van der Waals surface area contributed by atoms with Crippen LogP contribution in [-0.4, -0.2) is 33.9 Å². The molecule has 0 fully saturated rings. The van der Waals surface area contributed by atoms with E-state index in [0.29, 0.717) is 52.6 Å². The van der Waals surface area contributed by atoms with E-state index < -0.39 is 12.0 Å². The number of carbonyl (C=O) groups excluding carboxylic acids is 1. The average Bonchev–Trinajstić information content (AvgIpc) is 3.74. The molecule has 0 aliphatic carbocycles. The molecule has 0 saturated carbocycles. The number of nitrogens with zero attached hydrogens (tertiary/aromatic N) is 4. The van der Waals surface area contributed by atoms with Crippen LogP contribution in [-0.2, 0) is 9.53 Å². The highest BCUT2D eigenvalue weighted by Crippen LogP contribution is 2.40. The summed E-state index contributed by atoms with van der Waals surface area (Å²) in [6.07, 6.45) is 4.97. The van der Waals surface area contributed by atoms with E-state index in [1.807, 2.05) is 36.4 Å². The fraction of sp³-hybridized carbons (Fsp3) is 0.129. The van der Waals surface area contributed by atoms with Gasteiger partial charge in [0, 0.05) is 24.0 Å². The molecule has 220 valence electrons. The Bertz CT molecular complexity index is 2110. The van der Waals surface area contributed by atoms with Crippen LogP contribution in [0.4, 0.5) is 0 Å². The molecule has 3 aromatic heterocycles. The van der Waals surface area contributed by atoms with Crippen LogP contribution in [0.2, 0.25) is 0 Å². The van der Waals surface area contributed by atoms with Crippen LogP contribution in [0.15, 0.2) is 108 Å². The molecule has 0 bridgehead atoms. The van der Waals surface area contributed by atoms with Crippen molar-refractivity contribution in [1.29, 1.82) is 0 Å². The predicted octanol–water partition coefficient (Wildman–Crippen LogP) is 4.96. The Labute approximate surface area is 266 Å². The molecule has 0 radical (unpaired) electrons. The van der Waals surface area contributed by atoms with Gasteiger partial charge in [0.15, 0.2) is 26.5 Å². The first-order valence-corrected chi connectivity index (χ1v) is 15.8. The minimum Gasteiger partial charge on any atom is -0.463 e. The molecule has 0 amide bonds. The third-order valence-corrected chi connectivity index (χ3v) is 9.48. The van der Waals surface area contributed by atoms with Gasteiger partial charge in [-0.15, -0.1) is 0 Å². The molecule has 44 heavy (non-hydrogen) atoms. The zero-order valence-electron chi connectivity index (χ0n) is 22.9. The molecule has 1 atom stereocenters. The highest BCUT2D eigenvalue weighted by atomic mass is 79.9. The van der Waals surface area contributed by atoms with Gasteiger partial charge in [0.1, 0.15) is 5.76 Å². The van der Waals surface area contributed by atoms with Crippen LogP contribution in [0.1, 0.15) is 29.9 Å². The number of esters is 1. The summed E-state index contributed by atoms with van der Waals surface area (Å²) in [7, 11) is 0. The van der Waals surface area contributed by atoms with E-state index in [-0.39, 0.29) is 24.5 Å². The van der Waals surface area contributed by atoms with Gasteiger partial charge in [0.2, 0.25) is 6.79 Å². The summed E-state index contributed by atoms with van der Waals surface area (Å²) in [5.41, 5.74) is 1.72.